The number of amides is 1. The number of carbonyl (C=O) groups is 1. The first-order chi connectivity index (χ1) is 9.58. The number of likely N-dealkylation sites (N-methyl/N-ethyl adjacent to an activating group) is 1. The molecule has 1 saturated carbocycles. The van der Waals surface area contributed by atoms with Crippen LogP contribution in [0.25, 0.3) is 0 Å². The Balaban J connectivity index is 1.81. The average Bonchev–Trinajstić information content (AvgIpc) is 2.92. The van der Waals surface area contributed by atoms with Crippen molar-refractivity contribution in [3.05, 3.63) is 33.7 Å². The van der Waals surface area contributed by atoms with Gasteiger partial charge in [-0.3, -0.25) is 9.59 Å². The molecule has 5 nitrogen and oxygen atoms in total. The van der Waals surface area contributed by atoms with Gasteiger partial charge >= 0.3 is 0 Å². The maximum Gasteiger partial charge on any atom is 0.256 e. The van der Waals surface area contributed by atoms with E-state index in [4.69, 9.17) is 0 Å². The van der Waals surface area contributed by atoms with Crippen LogP contribution in [0, 0.1) is 6.92 Å². The Kier molecular flexibility index (Phi) is 4.95. The van der Waals surface area contributed by atoms with Gasteiger partial charge in [0, 0.05) is 37.1 Å². The third kappa shape index (κ3) is 3.70. The van der Waals surface area contributed by atoms with Crippen LogP contribution < -0.4 is 10.7 Å². The normalized spacial score (nSPS) is 15.8. The van der Waals surface area contributed by atoms with Gasteiger partial charge in [-0.2, -0.15) is 0 Å². The Bertz CT molecular complexity index is 518. The molecule has 2 rings (SSSR count). The molecule has 20 heavy (non-hydrogen) atoms. The van der Waals surface area contributed by atoms with Gasteiger partial charge in [0.1, 0.15) is 5.56 Å². The number of H-pyrrole nitrogens is 1. The van der Waals surface area contributed by atoms with Crippen molar-refractivity contribution in [1.82, 2.24) is 15.2 Å². The predicted molar refractivity (Wildman–Crippen MR) is 79.0 cm³/mol. The lowest BCUT2D eigenvalue weighted by Gasteiger charge is -2.23. The third-order valence-corrected chi connectivity index (χ3v) is 4.00. The molecule has 0 radical (unpaired) electrons. The van der Waals surface area contributed by atoms with Gasteiger partial charge in [0.2, 0.25) is 0 Å². The molecule has 1 amide bonds. The summed E-state index contributed by atoms with van der Waals surface area (Å²) in [4.78, 5) is 28.8. The summed E-state index contributed by atoms with van der Waals surface area (Å²) in [5, 5.41) is 2.81. The molecule has 0 bridgehead atoms. The highest BCUT2D eigenvalue weighted by Crippen LogP contribution is 2.21. The number of aryl methyl sites for hydroxylation is 1. The second kappa shape index (κ2) is 6.70. The minimum atomic E-state index is -0.300. The largest absolute Gasteiger partial charge is 0.364 e. The molecule has 110 valence electrons. The van der Waals surface area contributed by atoms with Crippen molar-refractivity contribution < 1.29 is 4.79 Å². The van der Waals surface area contributed by atoms with E-state index >= 15 is 0 Å². The van der Waals surface area contributed by atoms with Crippen LogP contribution >= 0.6 is 0 Å². The first-order valence-electron chi connectivity index (χ1n) is 7.25. The SMILES string of the molecule is Cc1cc(=O)c(C(=O)NCCN(C)C2CCCC2)c[nH]1. The van der Waals surface area contributed by atoms with Crippen LogP contribution in [0.2, 0.25) is 0 Å². The number of nitrogens with one attached hydrogen (secondary N) is 2. The van der Waals surface area contributed by atoms with Gasteiger partial charge in [0.25, 0.3) is 5.91 Å². The summed E-state index contributed by atoms with van der Waals surface area (Å²) in [5.74, 6) is -0.300. The van der Waals surface area contributed by atoms with Crippen molar-refractivity contribution in [2.75, 3.05) is 20.1 Å². The predicted octanol–water partition coefficient (Wildman–Crippen LogP) is 1.29. The monoisotopic (exact) mass is 277 g/mol. The fraction of sp³-hybridized carbons (Fsp3) is 0.600. The highest BCUT2D eigenvalue weighted by atomic mass is 16.2. The molecule has 0 spiro atoms. The van der Waals surface area contributed by atoms with Crippen molar-refractivity contribution >= 4 is 5.91 Å². The smallest absolute Gasteiger partial charge is 0.256 e. The van der Waals surface area contributed by atoms with Crippen LogP contribution in [0.1, 0.15) is 41.7 Å². The molecule has 0 aromatic carbocycles. The highest BCUT2D eigenvalue weighted by molar-refractivity contribution is 5.93. The first kappa shape index (κ1) is 14.8. The number of aromatic amines is 1. The molecule has 1 aromatic heterocycles. The number of rotatable bonds is 5. The molecular formula is C15H23N3O2. The van der Waals surface area contributed by atoms with Crippen LogP contribution in [-0.2, 0) is 0 Å². The quantitative estimate of drug-likeness (QED) is 0.852. The van der Waals surface area contributed by atoms with Gasteiger partial charge in [-0.15, -0.1) is 0 Å². The summed E-state index contributed by atoms with van der Waals surface area (Å²) in [7, 11) is 2.10. The summed E-state index contributed by atoms with van der Waals surface area (Å²) in [6, 6.07) is 2.09. The van der Waals surface area contributed by atoms with Gasteiger partial charge in [-0.25, -0.2) is 0 Å². The molecule has 1 aliphatic carbocycles. The number of hydrogen-bond donors (Lipinski definition) is 2. The van der Waals surface area contributed by atoms with Crippen molar-refractivity contribution in [2.24, 2.45) is 0 Å². The number of pyridine rings is 1. The molecule has 0 aliphatic heterocycles. The van der Waals surface area contributed by atoms with E-state index in [9.17, 15) is 9.59 Å². The van der Waals surface area contributed by atoms with E-state index in [-0.39, 0.29) is 16.9 Å². The lowest BCUT2D eigenvalue weighted by molar-refractivity contribution is 0.0945. The molecule has 1 aromatic rings. The standard InChI is InChI=1S/C15H23N3O2/c1-11-9-14(19)13(10-17-11)15(20)16-7-8-18(2)12-5-3-4-6-12/h9-10,12H,3-8H2,1-2H3,(H,16,20)(H,17,19). The minimum Gasteiger partial charge on any atom is -0.364 e. The van der Waals surface area contributed by atoms with Gasteiger partial charge < -0.3 is 15.2 Å². The van der Waals surface area contributed by atoms with Crippen molar-refractivity contribution in [2.45, 2.75) is 38.6 Å². The molecule has 5 heteroatoms. The Morgan fingerprint density at radius 1 is 1.45 bits per heavy atom. The van der Waals surface area contributed by atoms with Crippen molar-refractivity contribution in [3.8, 4) is 0 Å². The first-order valence-corrected chi connectivity index (χ1v) is 7.25. The van der Waals surface area contributed by atoms with Crippen LogP contribution in [0.15, 0.2) is 17.1 Å². The van der Waals surface area contributed by atoms with E-state index in [2.05, 4.69) is 22.2 Å². The van der Waals surface area contributed by atoms with Gasteiger partial charge in [-0.05, 0) is 26.8 Å². The molecular weight excluding hydrogens is 254 g/mol. The zero-order chi connectivity index (χ0) is 14.5. The summed E-state index contributed by atoms with van der Waals surface area (Å²) >= 11 is 0. The van der Waals surface area contributed by atoms with E-state index in [0.29, 0.717) is 12.6 Å². The van der Waals surface area contributed by atoms with E-state index in [0.717, 1.165) is 12.2 Å². The molecule has 2 N–H and O–H groups in total. The summed E-state index contributed by atoms with van der Waals surface area (Å²) in [6.45, 7) is 3.18. The Morgan fingerprint density at radius 3 is 2.80 bits per heavy atom. The topological polar surface area (TPSA) is 65.2 Å². The van der Waals surface area contributed by atoms with Crippen molar-refractivity contribution in [1.29, 1.82) is 0 Å². The third-order valence-electron chi connectivity index (χ3n) is 4.00. The maximum atomic E-state index is 11.9. The van der Waals surface area contributed by atoms with Crippen LogP contribution in [0.3, 0.4) is 0 Å². The van der Waals surface area contributed by atoms with Crippen molar-refractivity contribution in [3.63, 3.8) is 0 Å². The summed E-state index contributed by atoms with van der Waals surface area (Å²) < 4.78 is 0. The fourth-order valence-corrected chi connectivity index (χ4v) is 2.72. The van der Waals surface area contributed by atoms with Crippen LogP contribution in [0.5, 0.6) is 0 Å². The second-order valence-corrected chi connectivity index (χ2v) is 5.57. The van der Waals surface area contributed by atoms with Gasteiger partial charge in [-0.1, -0.05) is 12.8 Å². The zero-order valence-electron chi connectivity index (χ0n) is 12.2. The van der Waals surface area contributed by atoms with E-state index in [1.54, 1.807) is 6.92 Å². The van der Waals surface area contributed by atoms with Gasteiger partial charge in [0.15, 0.2) is 5.43 Å². The summed E-state index contributed by atoms with van der Waals surface area (Å²) in [5.41, 5.74) is 0.703. The number of hydrogen-bond acceptors (Lipinski definition) is 3. The molecule has 1 heterocycles. The van der Waals surface area contributed by atoms with Gasteiger partial charge in [0.05, 0.1) is 0 Å². The van der Waals surface area contributed by atoms with E-state index in [1.165, 1.54) is 37.9 Å². The molecule has 0 saturated heterocycles. The minimum absolute atomic E-state index is 0.180. The zero-order valence-corrected chi connectivity index (χ0v) is 12.2. The number of aromatic nitrogens is 1. The number of nitrogens with zero attached hydrogens (tertiary/aromatic N) is 1. The average molecular weight is 277 g/mol. The Morgan fingerprint density at radius 2 is 2.15 bits per heavy atom. The molecule has 0 atom stereocenters. The lowest BCUT2D eigenvalue weighted by Crippen LogP contribution is -2.38. The number of carbonyl (C=O) groups excluding carboxylic acids is 1. The highest BCUT2D eigenvalue weighted by Gasteiger charge is 2.19. The van der Waals surface area contributed by atoms with E-state index in [1.807, 2.05) is 0 Å². The fourth-order valence-electron chi connectivity index (χ4n) is 2.72. The van der Waals surface area contributed by atoms with E-state index < -0.39 is 0 Å². The van der Waals surface area contributed by atoms with Crippen LogP contribution in [0.4, 0.5) is 0 Å². The second-order valence-electron chi connectivity index (χ2n) is 5.57. The molecule has 0 unspecified atom stereocenters. The maximum absolute atomic E-state index is 11.9. The lowest BCUT2D eigenvalue weighted by atomic mass is 10.2. The summed E-state index contributed by atoms with van der Waals surface area (Å²) in [6.07, 6.45) is 6.60. The van der Waals surface area contributed by atoms with Crippen LogP contribution in [-0.4, -0.2) is 42.0 Å². The molecule has 1 fully saturated rings. The molecule has 1 aliphatic rings. The Hall–Kier alpha value is -1.62. The Labute approximate surface area is 119 Å².